The van der Waals surface area contributed by atoms with Gasteiger partial charge in [-0.05, 0) is 18.1 Å². The molecule has 7 nitrogen and oxygen atoms in total. The fraction of sp³-hybridized carbons (Fsp3) is 0.310. The van der Waals surface area contributed by atoms with Crippen LogP contribution in [0.5, 0.6) is 0 Å². The maximum absolute atomic E-state index is 13.2. The van der Waals surface area contributed by atoms with E-state index in [2.05, 4.69) is 39.2 Å². The van der Waals surface area contributed by atoms with Gasteiger partial charge in [0.2, 0.25) is 5.91 Å². The highest BCUT2D eigenvalue weighted by Crippen LogP contribution is 2.12. The zero-order chi connectivity index (χ0) is 25.2. The van der Waals surface area contributed by atoms with E-state index < -0.39 is 0 Å². The van der Waals surface area contributed by atoms with Crippen molar-refractivity contribution in [2.75, 3.05) is 39.3 Å². The molecule has 1 aromatic heterocycles. The molecule has 1 aliphatic heterocycles. The van der Waals surface area contributed by atoms with Gasteiger partial charge < -0.3 is 9.80 Å². The number of carbonyl (C=O) groups excluding carboxylic acids is 2. The minimum absolute atomic E-state index is 0.0790. The highest BCUT2D eigenvalue weighted by molar-refractivity contribution is 5.92. The van der Waals surface area contributed by atoms with Crippen LogP contribution in [0.25, 0.3) is 6.08 Å². The van der Waals surface area contributed by atoms with Crippen molar-refractivity contribution in [3.63, 3.8) is 0 Å². The maximum Gasteiger partial charge on any atom is 0.274 e. The summed E-state index contributed by atoms with van der Waals surface area (Å²) in [5.74, 6) is -0.135. The normalized spacial score (nSPS) is 14.2. The lowest BCUT2D eigenvalue weighted by Crippen LogP contribution is -2.49. The molecule has 1 fully saturated rings. The summed E-state index contributed by atoms with van der Waals surface area (Å²) in [6.07, 6.45) is 7.68. The first-order valence-corrected chi connectivity index (χ1v) is 12.4. The summed E-state index contributed by atoms with van der Waals surface area (Å²) in [5, 5.41) is 0. The van der Waals surface area contributed by atoms with E-state index in [-0.39, 0.29) is 18.2 Å². The van der Waals surface area contributed by atoms with Crippen LogP contribution in [0.15, 0.2) is 79.1 Å². The summed E-state index contributed by atoms with van der Waals surface area (Å²) < 4.78 is 0. The van der Waals surface area contributed by atoms with Gasteiger partial charge in [0.25, 0.3) is 5.91 Å². The average Bonchev–Trinajstić information content (AvgIpc) is 2.92. The number of hydrogen-bond acceptors (Lipinski definition) is 5. The van der Waals surface area contributed by atoms with Crippen molar-refractivity contribution in [2.24, 2.45) is 0 Å². The van der Waals surface area contributed by atoms with Crippen LogP contribution in [-0.4, -0.2) is 75.8 Å². The van der Waals surface area contributed by atoms with Gasteiger partial charge in [-0.3, -0.25) is 19.5 Å². The second-order valence-corrected chi connectivity index (χ2v) is 9.00. The van der Waals surface area contributed by atoms with Crippen molar-refractivity contribution in [3.05, 3.63) is 102 Å². The fourth-order valence-corrected chi connectivity index (χ4v) is 4.19. The number of aryl methyl sites for hydroxylation is 1. The van der Waals surface area contributed by atoms with Gasteiger partial charge in [-0.2, -0.15) is 0 Å². The van der Waals surface area contributed by atoms with Crippen molar-refractivity contribution in [1.29, 1.82) is 0 Å². The highest BCUT2D eigenvalue weighted by Gasteiger charge is 2.23. The molecule has 7 heteroatoms. The smallest absolute Gasteiger partial charge is 0.274 e. The molecule has 0 aliphatic carbocycles. The van der Waals surface area contributed by atoms with Gasteiger partial charge in [0.1, 0.15) is 5.69 Å². The summed E-state index contributed by atoms with van der Waals surface area (Å²) in [4.78, 5) is 40.6. The fourth-order valence-electron chi connectivity index (χ4n) is 4.19. The molecular formula is C29H33N5O2. The molecule has 1 saturated heterocycles. The maximum atomic E-state index is 13.2. The largest absolute Gasteiger partial charge is 0.340 e. The van der Waals surface area contributed by atoms with E-state index in [1.54, 1.807) is 11.1 Å². The summed E-state index contributed by atoms with van der Waals surface area (Å²) >= 11 is 0. The molecule has 0 atom stereocenters. The summed E-state index contributed by atoms with van der Waals surface area (Å²) in [6.45, 7) is 6.55. The van der Waals surface area contributed by atoms with E-state index in [0.29, 0.717) is 31.9 Å². The Balaban J connectivity index is 1.29. The molecular weight excluding hydrogens is 450 g/mol. The van der Waals surface area contributed by atoms with Gasteiger partial charge in [0.05, 0.1) is 11.9 Å². The molecule has 0 unspecified atom stereocenters. The molecule has 186 valence electrons. The van der Waals surface area contributed by atoms with Crippen LogP contribution >= 0.6 is 0 Å². The van der Waals surface area contributed by atoms with Crippen LogP contribution in [0.1, 0.15) is 33.7 Å². The van der Waals surface area contributed by atoms with Crippen molar-refractivity contribution in [2.45, 2.75) is 19.9 Å². The van der Waals surface area contributed by atoms with Crippen LogP contribution in [-0.2, 0) is 11.3 Å². The van der Waals surface area contributed by atoms with E-state index in [1.807, 2.05) is 60.4 Å². The second-order valence-electron chi connectivity index (χ2n) is 9.00. The van der Waals surface area contributed by atoms with Crippen molar-refractivity contribution < 1.29 is 9.59 Å². The van der Waals surface area contributed by atoms with Crippen LogP contribution in [0.4, 0.5) is 0 Å². The molecule has 2 heterocycles. The van der Waals surface area contributed by atoms with E-state index in [1.165, 1.54) is 11.8 Å². The predicted octanol–water partition coefficient (Wildman–Crippen LogP) is 3.68. The lowest BCUT2D eigenvalue weighted by Gasteiger charge is -2.34. The molecule has 4 rings (SSSR count). The van der Waals surface area contributed by atoms with Gasteiger partial charge in [0.15, 0.2) is 0 Å². The SMILES string of the molecule is Cc1cnc(C(=O)N(CCC(=O)N2CCN(C/C=C/c3ccccc3)CC2)Cc2ccccc2)cn1. The molecule has 36 heavy (non-hydrogen) atoms. The predicted molar refractivity (Wildman–Crippen MR) is 141 cm³/mol. The van der Waals surface area contributed by atoms with Gasteiger partial charge in [0, 0.05) is 58.4 Å². The number of hydrogen-bond donors (Lipinski definition) is 0. The highest BCUT2D eigenvalue weighted by atomic mass is 16.2. The number of carbonyl (C=O) groups is 2. The molecule has 0 spiro atoms. The topological polar surface area (TPSA) is 69.6 Å². The Morgan fingerprint density at radius 1 is 0.917 bits per heavy atom. The third kappa shape index (κ3) is 7.33. The lowest BCUT2D eigenvalue weighted by atomic mass is 10.2. The first kappa shape index (κ1) is 25.3. The number of rotatable bonds is 9. The summed E-state index contributed by atoms with van der Waals surface area (Å²) in [5.41, 5.74) is 3.25. The zero-order valence-electron chi connectivity index (χ0n) is 20.8. The van der Waals surface area contributed by atoms with Gasteiger partial charge in [-0.15, -0.1) is 0 Å². The Morgan fingerprint density at radius 3 is 2.28 bits per heavy atom. The zero-order valence-corrected chi connectivity index (χ0v) is 20.8. The molecule has 0 bridgehead atoms. The van der Waals surface area contributed by atoms with Crippen LogP contribution in [0, 0.1) is 6.92 Å². The Labute approximate surface area is 213 Å². The van der Waals surface area contributed by atoms with Crippen LogP contribution in [0.2, 0.25) is 0 Å². The van der Waals surface area contributed by atoms with Gasteiger partial charge in [-0.25, -0.2) is 4.98 Å². The van der Waals surface area contributed by atoms with Crippen LogP contribution in [0.3, 0.4) is 0 Å². The molecule has 0 N–H and O–H groups in total. The molecule has 2 aromatic carbocycles. The molecule has 1 aliphatic rings. The third-order valence-corrected chi connectivity index (χ3v) is 6.30. The van der Waals surface area contributed by atoms with E-state index in [9.17, 15) is 9.59 Å². The number of aromatic nitrogens is 2. The van der Waals surface area contributed by atoms with E-state index in [4.69, 9.17) is 0 Å². The first-order valence-electron chi connectivity index (χ1n) is 12.4. The molecule has 2 amide bonds. The minimum atomic E-state index is -0.214. The minimum Gasteiger partial charge on any atom is -0.340 e. The number of nitrogens with zero attached hydrogens (tertiary/aromatic N) is 5. The van der Waals surface area contributed by atoms with Crippen molar-refractivity contribution in [3.8, 4) is 0 Å². The standard InChI is InChI=1S/C29H33N5O2/c1-24-21-31-27(22-30-24)29(36)34(23-26-11-6-3-7-12-26)16-14-28(35)33-19-17-32(18-20-33)15-8-13-25-9-4-2-5-10-25/h2-13,21-22H,14-20,23H2,1H3/b13-8+. The van der Waals surface area contributed by atoms with E-state index in [0.717, 1.165) is 30.9 Å². The lowest BCUT2D eigenvalue weighted by molar-refractivity contribution is -0.133. The van der Waals surface area contributed by atoms with E-state index >= 15 is 0 Å². The second kappa shape index (κ2) is 12.7. The number of benzene rings is 2. The average molecular weight is 484 g/mol. The molecule has 0 saturated carbocycles. The van der Waals surface area contributed by atoms with Gasteiger partial charge >= 0.3 is 0 Å². The Morgan fingerprint density at radius 2 is 1.61 bits per heavy atom. The first-order chi connectivity index (χ1) is 17.6. The number of piperazine rings is 1. The summed E-state index contributed by atoms with van der Waals surface area (Å²) in [7, 11) is 0. The molecule has 0 radical (unpaired) electrons. The van der Waals surface area contributed by atoms with Crippen molar-refractivity contribution >= 4 is 17.9 Å². The Hall–Kier alpha value is -3.84. The van der Waals surface area contributed by atoms with Crippen molar-refractivity contribution in [1.82, 2.24) is 24.7 Å². The number of amides is 2. The molecule has 3 aromatic rings. The monoisotopic (exact) mass is 483 g/mol. The Bertz CT molecular complexity index is 1140. The van der Waals surface area contributed by atoms with Gasteiger partial charge in [-0.1, -0.05) is 72.8 Å². The third-order valence-electron chi connectivity index (χ3n) is 6.30. The summed E-state index contributed by atoms with van der Waals surface area (Å²) in [6, 6.07) is 20.1. The van der Waals surface area contributed by atoms with Crippen LogP contribution < -0.4 is 0 Å². The quantitative estimate of drug-likeness (QED) is 0.465. The Kier molecular flexibility index (Phi) is 8.94.